The number of hydrogen-bond acceptors (Lipinski definition) is 4. The van der Waals surface area contributed by atoms with Crippen LogP contribution in [0.25, 0.3) is 0 Å². The summed E-state index contributed by atoms with van der Waals surface area (Å²) >= 11 is 0. The van der Waals surface area contributed by atoms with Gasteiger partial charge in [0.1, 0.15) is 12.1 Å². The maximum absolute atomic E-state index is 11.5. The first-order valence-electron chi connectivity index (χ1n) is 6.35. The summed E-state index contributed by atoms with van der Waals surface area (Å²) in [6.45, 7) is 1.88. The Bertz CT molecular complexity index is 693. The van der Waals surface area contributed by atoms with Gasteiger partial charge in [0.2, 0.25) is 0 Å². The first-order valence-corrected chi connectivity index (χ1v) is 6.35. The van der Waals surface area contributed by atoms with Crippen LogP contribution in [-0.2, 0) is 18.3 Å². The van der Waals surface area contributed by atoms with Gasteiger partial charge >= 0.3 is 11.7 Å². The van der Waals surface area contributed by atoms with Gasteiger partial charge in [-0.1, -0.05) is 24.3 Å². The van der Waals surface area contributed by atoms with Gasteiger partial charge in [-0.2, -0.15) is 5.10 Å². The Hall–Kier alpha value is -2.70. The van der Waals surface area contributed by atoms with Crippen LogP contribution in [0.1, 0.15) is 22.7 Å². The van der Waals surface area contributed by atoms with Gasteiger partial charge < -0.3 is 5.11 Å². The Balaban J connectivity index is 2.43. The third-order valence-corrected chi connectivity index (χ3v) is 3.35. The van der Waals surface area contributed by atoms with Crippen molar-refractivity contribution in [3.05, 3.63) is 57.4 Å². The smallest absolute Gasteiger partial charge is 0.313 e. The highest BCUT2D eigenvalue weighted by atomic mass is 16.6. The lowest BCUT2D eigenvalue weighted by Gasteiger charge is -2.11. The van der Waals surface area contributed by atoms with E-state index in [-0.39, 0.29) is 17.8 Å². The van der Waals surface area contributed by atoms with Crippen LogP contribution < -0.4 is 0 Å². The number of aliphatic carboxylic acids is 1. The first kappa shape index (κ1) is 14.7. The fourth-order valence-electron chi connectivity index (χ4n) is 2.24. The van der Waals surface area contributed by atoms with E-state index in [0.29, 0.717) is 0 Å². The number of carbonyl (C=O) groups is 1. The van der Waals surface area contributed by atoms with E-state index in [1.54, 1.807) is 0 Å². The van der Waals surface area contributed by atoms with Crippen LogP contribution >= 0.6 is 0 Å². The number of hydrogen-bond donors (Lipinski definition) is 1. The average Bonchev–Trinajstić information content (AvgIpc) is 2.79. The van der Waals surface area contributed by atoms with Crippen LogP contribution in [0, 0.1) is 17.0 Å². The number of nitrogens with zero attached hydrogens (tertiary/aromatic N) is 3. The zero-order valence-electron chi connectivity index (χ0n) is 11.7. The molecular weight excluding hydrogens is 274 g/mol. The van der Waals surface area contributed by atoms with E-state index in [1.807, 2.05) is 31.2 Å². The zero-order chi connectivity index (χ0) is 15.6. The molecule has 2 aromatic rings. The summed E-state index contributed by atoms with van der Waals surface area (Å²) in [5.41, 5.74) is 1.50. The molecule has 0 aliphatic rings. The Morgan fingerprint density at radius 3 is 2.71 bits per heavy atom. The molecule has 7 nitrogen and oxygen atoms in total. The first-order chi connectivity index (χ1) is 9.90. The number of aromatic nitrogens is 2. The van der Waals surface area contributed by atoms with Gasteiger partial charge in [-0.25, -0.2) is 0 Å². The highest BCUT2D eigenvalue weighted by molar-refractivity contribution is 5.77. The predicted octanol–water partition coefficient (Wildman–Crippen LogP) is 2.05. The van der Waals surface area contributed by atoms with Crippen molar-refractivity contribution in [2.24, 2.45) is 7.05 Å². The van der Waals surface area contributed by atoms with Crippen molar-refractivity contribution < 1.29 is 14.8 Å². The second-order valence-electron chi connectivity index (χ2n) is 4.85. The summed E-state index contributed by atoms with van der Waals surface area (Å²) in [4.78, 5) is 22.0. The number of nitro groups is 1. The third kappa shape index (κ3) is 3.07. The van der Waals surface area contributed by atoms with Gasteiger partial charge in [0, 0.05) is 7.05 Å². The summed E-state index contributed by atoms with van der Waals surface area (Å²) in [7, 11) is 1.53. The van der Waals surface area contributed by atoms with E-state index < -0.39 is 16.8 Å². The number of carboxylic acid groups (broad SMARTS) is 1. The number of benzene rings is 1. The number of aryl methyl sites for hydroxylation is 2. The standard InChI is InChI=1S/C14H15N3O4/c1-9-5-3-4-6-10(9)7-11(14(18)19)13-12(17(20)21)8-16(2)15-13/h3-6,8,11H,7H2,1-2H3,(H,18,19). The van der Waals surface area contributed by atoms with E-state index in [1.165, 1.54) is 17.9 Å². The van der Waals surface area contributed by atoms with Crippen molar-refractivity contribution in [3.8, 4) is 0 Å². The Morgan fingerprint density at radius 1 is 1.48 bits per heavy atom. The van der Waals surface area contributed by atoms with Crippen molar-refractivity contribution in [1.82, 2.24) is 9.78 Å². The minimum atomic E-state index is -1.12. The minimum absolute atomic E-state index is 0.0155. The predicted molar refractivity (Wildman–Crippen MR) is 75.1 cm³/mol. The Morgan fingerprint density at radius 2 is 2.14 bits per heavy atom. The monoisotopic (exact) mass is 289 g/mol. The van der Waals surface area contributed by atoms with Gasteiger partial charge in [-0.3, -0.25) is 19.6 Å². The van der Waals surface area contributed by atoms with Gasteiger partial charge in [0.15, 0.2) is 5.69 Å². The molecule has 110 valence electrons. The molecule has 0 aliphatic heterocycles. The van der Waals surface area contributed by atoms with Crippen LogP contribution in [0.3, 0.4) is 0 Å². The fraction of sp³-hybridized carbons (Fsp3) is 0.286. The van der Waals surface area contributed by atoms with Gasteiger partial charge in [0.25, 0.3) is 0 Å². The minimum Gasteiger partial charge on any atom is -0.481 e. The maximum atomic E-state index is 11.5. The van der Waals surface area contributed by atoms with Crippen molar-refractivity contribution in [2.45, 2.75) is 19.3 Å². The van der Waals surface area contributed by atoms with E-state index in [9.17, 15) is 20.0 Å². The molecule has 0 bridgehead atoms. The summed E-state index contributed by atoms with van der Waals surface area (Å²) in [5.74, 6) is -2.17. The summed E-state index contributed by atoms with van der Waals surface area (Å²) < 4.78 is 1.27. The molecule has 1 unspecified atom stereocenters. The maximum Gasteiger partial charge on any atom is 0.313 e. The highest BCUT2D eigenvalue weighted by Crippen LogP contribution is 2.29. The molecule has 0 amide bonds. The average molecular weight is 289 g/mol. The molecule has 0 spiro atoms. The Labute approximate surface area is 121 Å². The molecule has 0 aliphatic carbocycles. The van der Waals surface area contributed by atoms with E-state index in [4.69, 9.17) is 0 Å². The van der Waals surface area contributed by atoms with Crippen molar-refractivity contribution in [2.75, 3.05) is 0 Å². The molecule has 1 N–H and O–H groups in total. The summed E-state index contributed by atoms with van der Waals surface area (Å²) in [6.07, 6.45) is 1.39. The molecule has 21 heavy (non-hydrogen) atoms. The molecular formula is C14H15N3O4. The van der Waals surface area contributed by atoms with E-state index in [2.05, 4.69) is 5.10 Å². The molecule has 0 radical (unpaired) electrons. The fourth-order valence-corrected chi connectivity index (χ4v) is 2.24. The lowest BCUT2D eigenvalue weighted by Crippen LogP contribution is -2.17. The normalized spacial score (nSPS) is 12.1. The molecule has 0 saturated carbocycles. The molecule has 1 heterocycles. The quantitative estimate of drug-likeness (QED) is 0.671. The number of rotatable bonds is 5. The lowest BCUT2D eigenvalue weighted by atomic mass is 9.93. The van der Waals surface area contributed by atoms with Gasteiger partial charge in [-0.15, -0.1) is 0 Å². The second kappa shape index (κ2) is 5.74. The lowest BCUT2D eigenvalue weighted by molar-refractivity contribution is -0.385. The molecule has 2 rings (SSSR count). The third-order valence-electron chi connectivity index (χ3n) is 3.35. The molecule has 1 aromatic carbocycles. The van der Waals surface area contributed by atoms with E-state index in [0.717, 1.165) is 11.1 Å². The van der Waals surface area contributed by atoms with Crippen molar-refractivity contribution in [3.63, 3.8) is 0 Å². The van der Waals surface area contributed by atoms with Crippen LogP contribution in [-0.4, -0.2) is 25.8 Å². The van der Waals surface area contributed by atoms with Crippen molar-refractivity contribution in [1.29, 1.82) is 0 Å². The largest absolute Gasteiger partial charge is 0.481 e. The second-order valence-corrected chi connectivity index (χ2v) is 4.85. The molecule has 7 heteroatoms. The van der Waals surface area contributed by atoms with Gasteiger partial charge in [0.05, 0.1) is 4.92 Å². The Kier molecular flexibility index (Phi) is 4.02. The van der Waals surface area contributed by atoms with Crippen LogP contribution in [0.15, 0.2) is 30.5 Å². The SMILES string of the molecule is Cc1ccccc1CC(C(=O)O)c1nn(C)cc1[N+](=O)[O-]. The summed E-state index contributed by atoms with van der Waals surface area (Å²) in [5, 5.41) is 24.4. The summed E-state index contributed by atoms with van der Waals surface area (Å²) in [6, 6.07) is 7.37. The van der Waals surface area contributed by atoms with Crippen LogP contribution in [0.5, 0.6) is 0 Å². The van der Waals surface area contributed by atoms with Crippen LogP contribution in [0.4, 0.5) is 5.69 Å². The van der Waals surface area contributed by atoms with Crippen molar-refractivity contribution >= 4 is 11.7 Å². The van der Waals surface area contributed by atoms with Crippen LogP contribution in [0.2, 0.25) is 0 Å². The zero-order valence-corrected chi connectivity index (χ0v) is 11.7. The number of carboxylic acids is 1. The highest BCUT2D eigenvalue weighted by Gasteiger charge is 2.32. The molecule has 0 saturated heterocycles. The molecule has 1 atom stereocenters. The van der Waals surface area contributed by atoms with Gasteiger partial charge in [-0.05, 0) is 24.5 Å². The van der Waals surface area contributed by atoms with E-state index >= 15 is 0 Å². The topological polar surface area (TPSA) is 98.3 Å². The molecule has 1 aromatic heterocycles. The molecule has 0 fully saturated rings.